The average Bonchev–Trinajstić information content (AvgIpc) is 3.73. The molecule has 14 nitrogen and oxygen atoms in total. The Morgan fingerprint density at radius 2 is 1.05 bits per heavy atom. The van der Waals surface area contributed by atoms with Gasteiger partial charge in [0.1, 0.15) is 12.6 Å². The zero-order valence-corrected chi connectivity index (χ0v) is 36.9. The number of methoxy groups -OCH3 is 8. The van der Waals surface area contributed by atoms with Gasteiger partial charge in [0.05, 0.1) is 110 Å². The number of likely N-dealkylation sites (tertiary alicyclic amines) is 1. The van der Waals surface area contributed by atoms with Gasteiger partial charge in [0.15, 0.2) is 34.5 Å². The van der Waals surface area contributed by atoms with E-state index in [-0.39, 0.29) is 19.3 Å². The monoisotopic (exact) mass is 836 g/mol. The maximum Gasteiger partial charge on any atom is 0.331 e. The number of likely N-dealkylation sites (N-methyl/N-ethyl adjacent to an activating group) is 1. The van der Waals surface area contributed by atoms with Crippen molar-refractivity contribution >= 4 is 11.9 Å². The number of ether oxygens (including phenoxy) is 10. The van der Waals surface area contributed by atoms with E-state index in [9.17, 15) is 9.59 Å². The summed E-state index contributed by atoms with van der Waals surface area (Å²) < 4.78 is 57.6. The molecule has 2 heterocycles. The molecule has 0 aliphatic carbocycles. The molecule has 0 radical (unpaired) electrons. The number of esters is 2. The number of carbonyl (C=O) groups is 2. The fourth-order valence-corrected chi connectivity index (χ4v) is 8.89. The summed E-state index contributed by atoms with van der Waals surface area (Å²) in [7, 11) is 15.2. The first-order chi connectivity index (χ1) is 29.0. The van der Waals surface area contributed by atoms with E-state index in [0.29, 0.717) is 69.7 Å². The van der Waals surface area contributed by atoms with Crippen molar-refractivity contribution in [2.24, 2.45) is 0 Å². The number of quaternary nitrogens is 2. The van der Waals surface area contributed by atoms with E-state index in [1.165, 1.54) is 11.1 Å². The predicted octanol–water partition coefficient (Wildman–Crippen LogP) is 6.28. The van der Waals surface area contributed by atoms with Crippen molar-refractivity contribution in [3.05, 3.63) is 70.8 Å². The molecule has 328 valence electrons. The van der Waals surface area contributed by atoms with E-state index >= 15 is 0 Å². The zero-order chi connectivity index (χ0) is 43.3. The third kappa shape index (κ3) is 10.9. The summed E-state index contributed by atoms with van der Waals surface area (Å²) in [6.07, 6.45) is 7.39. The molecule has 60 heavy (non-hydrogen) atoms. The van der Waals surface area contributed by atoms with Crippen LogP contribution in [0.2, 0.25) is 0 Å². The van der Waals surface area contributed by atoms with Crippen LogP contribution in [0.1, 0.15) is 54.0 Å². The van der Waals surface area contributed by atoms with Crippen LogP contribution >= 0.6 is 0 Å². The van der Waals surface area contributed by atoms with Gasteiger partial charge in [-0.3, -0.25) is 0 Å². The van der Waals surface area contributed by atoms with Crippen LogP contribution in [0.4, 0.5) is 0 Å². The van der Waals surface area contributed by atoms with Crippen molar-refractivity contribution in [2.45, 2.75) is 51.1 Å². The van der Waals surface area contributed by atoms with Crippen LogP contribution in [0.25, 0.3) is 0 Å². The van der Waals surface area contributed by atoms with Gasteiger partial charge in [0.25, 0.3) is 0 Å². The molecule has 0 N–H and O–H groups in total. The van der Waals surface area contributed by atoms with Crippen molar-refractivity contribution < 1.29 is 65.9 Å². The largest absolute Gasteiger partial charge is 0.493 e. The second kappa shape index (κ2) is 21.3. The van der Waals surface area contributed by atoms with Crippen LogP contribution in [0.3, 0.4) is 0 Å². The van der Waals surface area contributed by atoms with Gasteiger partial charge >= 0.3 is 11.9 Å². The summed E-state index contributed by atoms with van der Waals surface area (Å²) in [6.45, 7) is 5.79. The van der Waals surface area contributed by atoms with Gasteiger partial charge < -0.3 is 56.3 Å². The lowest BCUT2D eigenvalue weighted by molar-refractivity contribution is -0.941. The maximum atomic E-state index is 12.7. The van der Waals surface area contributed by atoms with E-state index in [2.05, 4.69) is 19.2 Å². The summed E-state index contributed by atoms with van der Waals surface area (Å²) in [5.74, 6) is 3.77. The van der Waals surface area contributed by atoms with Crippen LogP contribution in [0.5, 0.6) is 46.0 Å². The van der Waals surface area contributed by atoms with Crippen molar-refractivity contribution in [1.29, 1.82) is 0 Å². The molecule has 2 atom stereocenters. The summed E-state index contributed by atoms with van der Waals surface area (Å²) in [5.41, 5.74) is 4.50. The van der Waals surface area contributed by atoms with Gasteiger partial charge in [-0.2, -0.15) is 0 Å². The minimum Gasteiger partial charge on any atom is -0.493 e. The fraction of sp³-hybridized carbons (Fsp3) is 0.522. The Morgan fingerprint density at radius 3 is 1.53 bits per heavy atom. The SMILES string of the molecule is COc1cc2c(cc1OC)[C@@H](Cc1cc(OC)c(OC)c(OC)c1)[N+](C)(CCCOC(=O)/C=C\C(=O)OCCC[N+]1(Cc3cc(OC)c(OC)c(OC)c3)CCCC1)CC2. The molecule has 0 aromatic heterocycles. The Kier molecular flexibility index (Phi) is 16.2. The molecule has 0 saturated carbocycles. The average molecular weight is 837 g/mol. The third-order valence-electron chi connectivity index (χ3n) is 12.0. The second-order valence-electron chi connectivity index (χ2n) is 15.6. The number of carbonyl (C=O) groups excluding carboxylic acids is 2. The van der Waals surface area contributed by atoms with Crippen LogP contribution < -0.4 is 37.9 Å². The highest BCUT2D eigenvalue weighted by Crippen LogP contribution is 2.45. The summed E-state index contributed by atoms with van der Waals surface area (Å²) in [5, 5.41) is 0. The molecule has 1 saturated heterocycles. The Labute approximate surface area is 354 Å². The molecule has 3 aromatic rings. The van der Waals surface area contributed by atoms with Gasteiger partial charge in [-0.15, -0.1) is 0 Å². The van der Waals surface area contributed by atoms with Crippen LogP contribution in [-0.4, -0.2) is 131 Å². The molecule has 1 unspecified atom stereocenters. The summed E-state index contributed by atoms with van der Waals surface area (Å²) in [6, 6.07) is 12.2. The minimum atomic E-state index is -0.587. The number of hydrogen-bond acceptors (Lipinski definition) is 12. The first-order valence-corrected chi connectivity index (χ1v) is 20.5. The van der Waals surface area contributed by atoms with Crippen molar-refractivity contribution in [3.63, 3.8) is 0 Å². The summed E-state index contributed by atoms with van der Waals surface area (Å²) in [4.78, 5) is 25.3. The molecule has 1 fully saturated rings. The zero-order valence-electron chi connectivity index (χ0n) is 36.9. The lowest BCUT2D eigenvalue weighted by Gasteiger charge is -2.46. The van der Waals surface area contributed by atoms with E-state index in [0.717, 1.165) is 86.3 Å². The Hall–Kier alpha value is -5.34. The molecular formula is C46H64N2O12+2. The predicted molar refractivity (Wildman–Crippen MR) is 226 cm³/mol. The first-order valence-electron chi connectivity index (χ1n) is 20.5. The maximum absolute atomic E-state index is 12.7. The number of benzene rings is 3. The molecule has 5 rings (SSSR count). The van der Waals surface area contributed by atoms with Gasteiger partial charge in [0, 0.05) is 61.8 Å². The minimum absolute atomic E-state index is 0.0264. The Bertz CT molecular complexity index is 1910. The Balaban J connectivity index is 1.15. The van der Waals surface area contributed by atoms with E-state index in [4.69, 9.17) is 47.4 Å². The lowest BCUT2D eigenvalue weighted by Crippen LogP contribution is -2.52. The number of fused-ring (bicyclic) bond motifs is 1. The van der Waals surface area contributed by atoms with Gasteiger partial charge in [-0.05, 0) is 47.5 Å². The van der Waals surface area contributed by atoms with Crippen LogP contribution in [0, 0.1) is 0 Å². The summed E-state index contributed by atoms with van der Waals surface area (Å²) >= 11 is 0. The molecule has 0 bridgehead atoms. The van der Waals surface area contributed by atoms with Gasteiger partial charge in [0.2, 0.25) is 11.5 Å². The lowest BCUT2D eigenvalue weighted by atomic mass is 9.86. The normalized spacial score (nSPS) is 18.0. The third-order valence-corrected chi connectivity index (χ3v) is 12.0. The standard InChI is InChI=1S/C46H64N2O12/c1-47(21-16-34-29-37(51-2)38(52-3)30-35(34)36(47)24-32-25-39(53-4)45(57-8)40(26-32)54-5)17-12-22-59-43(49)14-15-44(50)60-23-13-20-48(18-10-11-19-48)31-33-27-41(55-6)46(58-9)42(28-33)56-7/h14-15,25-30,36H,10-13,16-24,31H2,1-9H3/q+2/b15-14-/t36-,47?/m1/s1. The molecule has 14 heteroatoms. The van der Waals surface area contributed by atoms with Gasteiger partial charge in [-0.1, -0.05) is 0 Å². The molecular weight excluding hydrogens is 773 g/mol. The molecule has 2 aliphatic rings. The van der Waals surface area contributed by atoms with Crippen molar-refractivity contribution in [3.8, 4) is 46.0 Å². The van der Waals surface area contributed by atoms with Crippen molar-refractivity contribution in [2.75, 3.05) is 110 Å². The fourth-order valence-electron chi connectivity index (χ4n) is 8.89. The molecule has 2 aliphatic heterocycles. The van der Waals surface area contributed by atoms with E-state index < -0.39 is 11.9 Å². The quantitative estimate of drug-likeness (QED) is 0.0490. The second-order valence-corrected chi connectivity index (χ2v) is 15.6. The highest BCUT2D eigenvalue weighted by Gasteiger charge is 2.40. The smallest absolute Gasteiger partial charge is 0.331 e. The van der Waals surface area contributed by atoms with E-state index in [1.807, 2.05) is 24.3 Å². The van der Waals surface area contributed by atoms with Crippen molar-refractivity contribution in [1.82, 2.24) is 0 Å². The number of rotatable bonds is 22. The molecule has 0 amide bonds. The van der Waals surface area contributed by atoms with Gasteiger partial charge in [-0.25, -0.2) is 9.59 Å². The van der Waals surface area contributed by atoms with Crippen LogP contribution in [-0.2, 0) is 38.4 Å². The van der Waals surface area contributed by atoms with E-state index in [1.54, 1.807) is 56.9 Å². The highest BCUT2D eigenvalue weighted by atomic mass is 16.5. The molecule has 3 aromatic carbocycles. The number of hydrogen-bond donors (Lipinski definition) is 0. The van der Waals surface area contributed by atoms with Crippen LogP contribution in [0.15, 0.2) is 48.6 Å². The Morgan fingerprint density at radius 1 is 0.583 bits per heavy atom. The number of nitrogens with zero attached hydrogens (tertiary/aromatic N) is 2. The topological polar surface area (TPSA) is 126 Å². The highest BCUT2D eigenvalue weighted by molar-refractivity contribution is 5.91. The molecule has 0 spiro atoms. The first kappa shape index (κ1) is 45.7.